The summed E-state index contributed by atoms with van der Waals surface area (Å²) in [5.41, 5.74) is 0.237. The zero-order chi connectivity index (χ0) is 15.5. The zero-order valence-corrected chi connectivity index (χ0v) is 12.6. The van der Waals surface area contributed by atoms with Crippen LogP contribution in [0.1, 0.15) is 31.7 Å². The Morgan fingerprint density at radius 2 is 2.05 bits per heavy atom. The molecule has 0 saturated carbocycles. The second-order valence-corrected chi connectivity index (χ2v) is 5.71. The lowest BCUT2D eigenvalue weighted by Gasteiger charge is -2.38. The molecule has 1 aliphatic rings. The zero-order valence-electron chi connectivity index (χ0n) is 12.6. The summed E-state index contributed by atoms with van der Waals surface area (Å²) in [6.45, 7) is 4.02. The Hall–Kier alpha value is -1.75. The topological polar surface area (TPSA) is 70.0 Å². The van der Waals surface area contributed by atoms with Crippen LogP contribution in [0.25, 0.3) is 0 Å². The van der Waals surface area contributed by atoms with E-state index < -0.39 is 11.4 Å². The van der Waals surface area contributed by atoms with Crippen LogP contribution in [0.5, 0.6) is 11.5 Å². The normalized spacial score (nSPS) is 18.4. The van der Waals surface area contributed by atoms with Crippen molar-refractivity contribution >= 4 is 5.97 Å². The van der Waals surface area contributed by atoms with Gasteiger partial charge in [-0.1, -0.05) is 6.92 Å². The maximum absolute atomic E-state index is 11.4. The number of carboxylic acid groups (broad SMARTS) is 1. The van der Waals surface area contributed by atoms with Gasteiger partial charge in [0.05, 0.1) is 12.5 Å². The SMILES string of the molecule is CCC1(C(=O)O)CCN(Cc2cc(OC)ccc2O)CC1. The summed E-state index contributed by atoms with van der Waals surface area (Å²) < 4.78 is 5.17. The van der Waals surface area contributed by atoms with Gasteiger partial charge in [0.2, 0.25) is 0 Å². The fraction of sp³-hybridized carbons (Fsp3) is 0.562. The molecule has 5 nitrogen and oxygen atoms in total. The van der Waals surface area contributed by atoms with Crippen molar-refractivity contribution in [3.05, 3.63) is 23.8 Å². The van der Waals surface area contributed by atoms with Gasteiger partial charge in [0.15, 0.2) is 0 Å². The average Bonchev–Trinajstić information content (AvgIpc) is 2.50. The summed E-state index contributed by atoms with van der Waals surface area (Å²) in [6, 6.07) is 5.18. The minimum atomic E-state index is -0.686. The number of nitrogens with zero attached hydrogens (tertiary/aromatic N) is 1. The van der Waals surface area contributed by atoms with Gasteiger partial charge in [-0.3, -0.25) is 9.69 Å². The molecular weight excluding hydrogens is 270 g/mol. The molecule has 1 heterocycles. The van der Waals surface area contributed by atoms with E-state index in [4.69, 9.17) is 4.74 Å². The predicted octanol–water partition coefficient (Wildman–Crippen LogP) is 2.48. The smallest absolute Gasteiger partial charge is 0.309 e. The summed E-state index contributed by atoms with van der Waals surface area (Å²) >= 11 is 0. The molecule has 0 bridgehead atoms. The summed E-state index contributed by atoms with van der Waals surface area (Å²) in [7, 11) is 1.60. The summed E-state index contributed by atoms with van der Waals surface area (Å²) in [5.74, 6) is 0.281. The molecule has 1 saturated heterocycles. The molecule has 1 aromatic rings. The monoisotopic (exact) mass is 293 g/mol. The van der Waals surface area contributed by atoms with Gasteiger partial charge in [-0.2, -0.15) is 0 Å². The lowest BCUT2D eigenvalue weighted by Crippen LogP contribution is -2.43. The molecule has 1 aliphatic heterocycles. The molecule has 0 amide bonds. The first kappa shape index (κ1) is 15.6. The number of methoxy groups -OCH3 is 1. The number of phenols is 1. The third kappa shape index (κ3) is 3.29. The maximum Gasteiger partial charge on any atom is 0.309 e. The van der Waals surface area contributed by atoms with E-state index in [1.54, 1.807) is 19.2 Å². The predicted molar refractivity (Wildman–Crippen MR) is 79.5 cm³/mol. The van der Waals surface area contributed by atoms with Gasteiger partial charge in [0.1, 0.15) is 11.5 Å². The Kier molecular flexibility index (Phi) is 4.73. The number of aliphatic carboxylic acids is 1. The van der Waals surface area contributed by atoms with Crippen LogP contribution in [0.4, 0.5) is 0 Å². The molecule has 1 fully saturated rings. The number of carbonyl (C=O) groups is 1. The standard InChI is InChI=1S/C16H23NO4/c1-3-16(15(19)20)6-8-17(9-7-16)11-12-10-13(21-2)4-5-14(12)18/h4-5,10,18H,3,6-9,11H2,1-2H3,(H,19,20). The van der Waals surface area contributed by atoms with Crippen molar-refractivity contribution in [3.8, 4) is 11.5 Å². The molecule has 0 spiro atoms. The highest BCUT2D eigenvalue weighted by Crippen LogP contribution is 2.36. The lowest BCUT2D eigenvalue weighted by atomic mass is 9.76. The van der Waals surface area contributed by atoms with E-state index in [0.29, 0.717) is 31.6 Å². The molecule has 0 unspecified atom stereocenters. The third-order valence-electron chi connectivity index (χ3n) is 4.62. The second kappa shape index (κ2) is 6.35. The average molecular weight is 293 g/mol. The van der Waals surface area contributed by atoms with E-state index >= 15 is 0 Å². The summed E-state index contributed by atoms with van der Waals surface area (Å²) in [6.07, 6.45) is 1.98. The van der Waals surface area contributed by atoms with Gasteiger partial charge in [0.25, 0.3) is 0 Å². The number of phenolic OH excluding ortho intramolecular Hbond substituents is 1. The van der Waals surface area contributed by atoms with E-state index in [0.717, 1.165) is 18.7 Å². The van der Waals surface area contributed by atoms with Crippen LogP contribution in [-0.2, 0) is 11.3 Å². The van der Waals surface area contributed by atoms with Crippen LogP contribution in [0.3, 0.4) is 0 Å². The largest absolute Gasteiger partial charge is 0.508 e. The van der Waals surface area contributed by atoms with Crippen molar-refractivity contribution in [3.63, 3.8) is 0 Å². The Balaban J connectivity index is 2.02. The van der Waals surface area contributed by atoms with Gasteiger partial charge < -0.3 is 14.9 Å². The van der Waals surface area contributed by atoms with E-state index in [1.165, 1.54) is 0 Å². The number of hydrogen-bond donors (Lipinski definition) is 2. The van der Waals surface area contributed by atoms with Gasteiger partial charge in [-0.15, -0.1) is 0 Å². The van der Waals surface area contributed by atoms with Crippen molar-refractivity contribution < 1.29 is 19.7 Å². The highest BCUT2D eigenvalue weighted by Gasteiger charge is 2.39. The van der Waals surface area contributed by atoms with Gasteiger partial charge in [-0.25, -0.2) is 0 Å². The highest BCUT2D eigenvalue weighted by atomic mass is 16.5. The number of rotatable bonds is 5. The fourth-order valence-corrected chi connectivity index (χ4v) is 2.91. The molecule has 2 rings (SSSR count). The highest BCUT2D eigenvalue weighted by molar-refractivity contribution is 5.74. The van der Waals surface area contributed by atoms with Crippen LogP contribution in [0.15, 0.2) is 18.2 Å². The van der Waals surface area contributed by atoms with Crippen molar-refractivity contribution in [1.82, 2.24) is 4.90 Å². The van der Waals surface area contributed by atoms with Crippen LogP contribution in [0, 0.1) is 5.41 Å². The van der Waals surface area contributed by atoms with E-state index in [9.17, 15) is 15.0 Å². The van der Waals surface area contributed by atoms with E-state index in [-0.39, 0.29) is 5.75 Å². The molecule has 0 aromatic heterocycles. The van der Waals surface area contributed by atoms with Crippen molar-refractivity contribution in [2.75, 3.05) is 20.2 Å². The maximum atomic E-state index is 11.4. The molecule has 0 aliphatic carbocycles. The van der Waals surface area contributed by atoms with Crippen molar-refractivity contribution in [1.29, 1.82) is 0 Å². The quantitative estimate of drug-likeness (QED) is 0.873. The first-order chi connectivity index (χ1) is 10.0. The lowest BCUT2D eigenvalue weighted by molar-refractivity contribution is -0.152. The van der Waals surface area contributed by atoms with Gasteiger partial charge in [0, 0.05) is 12.1 Å². The number of aromatic hydroxyl groups is 1. The Bertz CT molecular complexity index is 507. The minimum absolute atomic E-state index is 0.251. The number of piperidine rings is 1. The molecular formula is C16H23NO4. The number of carboxylic acids is 1. The third-order valence-corrected chi connectivity index (χ3v) is 4.62. The van der Waals surface area contributed by atoms with Gasteiger partial charge in [-0.05, 0) is 50.6 Å². The Labute approximate surface area is 125 Å². The van der Waals surface area contributed by atoms with Crippen LogP contribution < -0.4 is 4.74 Å². The van der Waals surface area contributed by atoms with E-state index in [1.807, 2.05) is 13.0 Å². The molecule has 116 valence electrons. The second-order valence-electron chi connectivity index (χ2n) is 5.71. The molecule has 2 N–H and O–H groups in total. The van der Waals surface area contributed by atoms with Crippen LogP contribution >= 0.6 is 0 Å². The molecule has 1 aromatic carbocycles. The number of ether oxygens (including phenoxy) is 1. The molecule has 0 radical (unpaired) electrons. The first-order valence-electron chi connectivity index (χ1n) is 7.32. The van der Waals surface area contributed by atoms with E-state index in [2.05, 4.69) is 4.90 Å². The minimum Gasteiger partial charge on any atom is -0.508 e. The summed E-state index contributed by atoms with van der Waals surface area (Å²) in [4.78, 5) is 13.6. The molecule has 21 heavy (non-hydrogen) atoms. The molecule has 0 atom stereocenters. The Morgan fingerprint density at radius 1 is 1.38 bits per heavy atom. The first-order valence-corrected chi connectivity index (χ1v) is 7.32. The van der Waals surface area contributed by atoms with Gasteiger partial charge >= 0.3 is 5.97 Å². The molecule has 5 heteroatoms. The van der Waals surface area contributed by atoms with Crippen molar-refractivity contribution in [2.45, 2.75) is 32.7 Å². The number of benzene rings is 1. The summed E-state index contributed by atoms with van der Waals surface area (Å²) in [5, 5.41) is 19.3. The fourth-order valence-electron chi connectivity index (χ4n) is 2.91. The number of hydrogen-bond acceptors (Lipinski definition) is 4. The Morgan fingerprint density at radius 3 is 2.57 bits per heavy atom. The van der Waals surface area contributed by atoms with Crippen molar-refractivity contribution in [2.24, 2.45) is 5.41 Å². The van der Waals surface area contributed by atoms with Crippen LogP contribution in [0.2, 0.25) is 0 Å². The van der Waals surface area contributed by atoms with Crippen LogP contribution in [-0.4, -0.2) is 41.3 Å². The number of likely N-dealkylation sites (tertiary alicyclic amines) is 1.